The number of thioether (sulfide) groups is 1. The number of hydrogen-bond donors (Lipinski definition) is 1. The van der Waals surface area contributed by atoms with Crippen LogP contribution in [0.1, 0.15) is 18.9 Å². The molecule has 35 heavy (non-hydrogen) atoms. The Hall–Kier alpha value is -2.58. The summed E-state index contributed by atoms with van der Waals surface area (Å²) in [6, 6.07) is 9.01. The van der Waals surface area contributed by atoms with Crippen LogP contribution in [-0.2, 0) is 20.9 Å². The molecule has 1 aromatic carbocycles. The summed E-state index contributed by atoms with van der Waals surface area (Å²) < 4.78 is -0.695. The zero-order valence-corrected chi connectivity index (χ0v) is 21.3. The summed E-state index contributed by atoms with van der Waals surface area (Å²) in [4.78, 5) is 46.5. The summed E-state index contributed by atoms with van der Waals surface area (Å²) in [6.07, 6.45) is 4.15. The van der Waals surface area contributed by atoms with Crippen LogP contribution < -0.4 is 0 Å². The lowest BCUT2D eigenvalue weighted by atomic mass is 9.65. The van der Waals surface area contributed by atoms with Crippen molar-refractivity contribution in [3.8, 4) is 0 Å². The van der Waals surface area contributed by atoms with Gasteiger partial charge in [-0.05, 0) is 17.9 Å². The number of fused-ring (bicyclic) bond motifs is 1. The van der Waals surface area contributed by atoms with Crippen LogP contribution in [-0.4, -0.2) is 86.9 Å². The van der Waals surface area contributed by atoms with Crippen LogP contribution in [0.15, 0.2) is 55.6 Å². The Morgan fingerprint density at radius 1 is 1.20 bits per heavy atom. The molecule has 1 N–H and O–H groups in total. The van der Waals surface area contributed by atoms with Gasteiger partial charge in [0.2, 0.25) is 17.7 Å². The Labute approximate surface area is 211 Å². The molecule has 0 aromatic heterocycles. The van der Waals surface area contributed by atoms with E-state index in [-0.39, 0.29) is 42.0 Å². The van der Waals surface area contributed by atoms with Gasteiger partial charge in [0.1, 0.15) is 6.04 Å². The highest BCUT2D eigenvalue weighted by Crippen LogP contribution is 2.68. The minimum atomic E-state index is -0.733. The van der Waals surface area contributed by atoms with E-state index in [9.17, 15) is 19.5 Å². The second-order valence-electron chi connectivity index (χ2n) is 9.81. The van der Waals surface area contributed by atoms with Gasteiger partial charge in [0.15, 0.2) is 0 Å². The van der Waals surface area contributed by atoms with Crippen molar-refractivity contribution in [3.05, 3.63) is 61.2 Å². The summed E-state index contributed by atoms with van der Waals surface area (Å²) in [6.45, 7) is 10.7. The monoisotopic (exact) mass is 497 g/mol. The molecule has 0 radical (unpaired) electrons. The summed E-state index contributed by atoms with van der Waals surface area (Å²) in [7, 11) is 1.73. The maximum atomic E-state index is 14.2. The molecule has 3 fully saturated rings. The molecular formula is C27H35N3O4S. The van der Waals surface area contributed by atoms with Gasteiger partial charge in [0.05, 0.1) is 23.2 Å². The third kappa shape index (κ3) is 4.10. The second-order valence-corrected chi connectivity index (χ2v) is 11.4. The van der Waals surface area contributed by atoms with E-state index in [1.807, 2.05) is 30.3 Å². The third-order valence-corrected chi connectivity index (χ3v) is 9.84. The molecule has 1 spiro atoms. The molecule has 3 heterocycles. The van der Waals surface area contributed by atoms with Crippen LogP contribution in [0.5, 0.6) is 0 Å². The SMILES string of the molecule is C=CCN(C)C(=O)[C@@H]1[C@@H]2CC(C)C3(S2)C(C(=O)N(CC=C)Cc2ccccc2)N(CCO)C(=O)[C@H]13. The Balaban J connectivity index is 1.74. The molecule has 8 heteroatoms. The summed E-state index contributed by atoms with van der Waals surface area (Å²) >= 11 is 1.65. The summed E-state index contributed by atoms with van der Waals surface area (Å²) in [5.74, 6) is -1.38. The Kier molecular flexibility index (Phi) is 7.43. The molecule has 2 bridgehead atoms. The van der Waals surface area contributed by atoms with Gasteiger partial charge in [-0.25, -0.2) is 0 Å². The molecule has 1 aromatic rings. The van der Waals surface area contributed by atoms with E-state index in [1.165, 1.54) is 0 Å². The number of carbonyl (C=O) groups excluding carboxylic acids is 3. The van der Waals surface area contributed by atoms with E-state index in [0.29, 0.717) is 19.6 Å². The molecule has 0 aliphatic carbocycles. The predicted octanol–water partition coefficient (Wildman–Crippen LogP) is 2.18. The molecule has 3 aliphatic rings. The Morgan fingerprint density at radius 3 is 2.51 bits per heavy atom. The van der Waals surface area contributed by atoms with Gasteiger partial charge in [-0.3, -0.25) is 14.4 Å². The van der Waals surface area contributed by atoms with E-state index in [1.54, 1.807) is 45.7 Å². The van der Waals surface area contributed by atoms with Crippen molar-refractivity contribution < 1.29 is 19.5 Å². The number of hydrogen-bond acceptors (Lipinski definition) is 5. The first-order valence-corrected chi connectivity index (χ1v) is 13.1. The highest BCUT2D eigenvalue weighted by Gasteiger charge is 2.76. The maximum Gasteiger partial charge on any atom is 0.247 e. The molecule has 0 saturated carbocycles. The minimum Gasteiger partial charge on any atom is -0.395 e. The van der Waals surface area contributed by atoms with Gasteiger partial charge in [0.25, 0.3) is 0 Å². The first kappa shape index (κ1) is 25.5. The Bertz CT molecular complexity index is 1000. The third-order valence-electron chi connectivity index (χ3n) is 7.76. The molecule has 3 unspecified atom stereocenters. The van der Waals surface area contributed by atoms with Crippen LogP contribution >= 0.6 is 11.8 Å². The number of aliphatic hydroxyl groups is 1. The first-order chi connectivity index (χ1) is 16.8. The van der Waals surface area contributed by atoms with Crippen molar-refractivity contribution in [1.82, 2.24) is 14.7 Å². The zero-order chi connectivity index (χ0) is 25.3. The number of likely N-dealkylation sites (N-methyl/N-ethyl adjacent to an activating group) is 1. The molecule has 188 valence electrons. The highest BCUT2D eigenvalue weighted by molar-refractivity contribution is 8.02. The number of likely N-dealkylation sites (tertiary alicyclic amines) is 1. The van der Waals surface area contributed by atoms with Gasteiger partial charge >= 0.3 is 0 Å². The van der Waals surface area contributed by atoms with Crippen LogP contribution in [0.3, 0.4) is 0 Å². The largest absolute Gasteiger partial charge is 0.395 e. The Morgan fingerprint density at radius 2 is 1.89 bits per heavy atom. The van der Waals surface area contributed by atoms with Crippen molar-refractivity contribution >= 4 is 29.5 Å². The number of β-amino-alcohol motifs (C(OH)–C–C–N with tert-alkyl or cyclic N) is 1. The standard InChI is InChI=1S/C27H35N3O4S/c1-5-12-28(4)24(32)21-20-16-18(3)27(35-20)22(21)25(33)30(14-15-31)23(27)26(34)29(13-6-2)17-19-10-8-7-9-11-19/h5-11,18,20-23,31H,1-2,12-17H2,3-4H3/t18?,20-,21+,22-,23?,27?/m0/s1. The fourth-order valence-electron chi connectivity index (χ4n) is 6.33. The van der Waals surface area contributed by atoms with E-state index >= 15 is 0 Å². The van der Waals surface area contributed by atoms with Gasteiger partial charge in [0, 0.05) is 38.5 Å². The fourth-order valence-corrected chi connectivity index (χ4v) is 8.74. The van der Waals surface area contributed by atoms with Crippen LogP contribution in [0.2, 0.25) is 0 Å². The number of benzene rings is 1. The quantitative estimate of drug-likeness (QED) is 0.501. The van der Waals surface area contributed by atoms with Crippen LogP contribution in [0, 0.1) is 17.8 Å². The van der Waals surface area contributed by atoms with Gasteiger partial charge < -0.3 is 19.8 Å². The van der Waals surface area contributed by atoms with Crippen molar-refractivity contribution in [2.24, 2.45) is 17.8 Å². The molecule has 7 nitrogen and oxygen atoms in total. The van der Waals surface area contributed by atoms with Crippen molar-refractivity contribution in [2.45, 2.75) is 35.9 Å². The lowest BCUT2D eigenvalue weighted by Crippen LogP contribution is -2.57. The molecule has 6 atom stereocenters. The number of amides is 3. The second kappa shape index (κ2) is 10.2. The first-order valence-electron chi connectivity index (χ1n) is 12.2. The molecule has 3 amide bonds. The number of nitrogens with zero attached hydrogens (tertiary/aromatic N) is 3. The average Bonchev–Trinajstić information content (AvgIpc) is 3.43. The van der Waals surface area contributed by atoms with Gasteiger partial charge in [-0.15, -0.1) is 24.9 Å². The predicted molar refractivity (Wildman–Crippen MR) is 137 cm³/mol. The lowest BCUT2D eigenvalue weighted by Gasteiger charge is -2.40. The fraction of sp³-hybridized carbons (Fsp3) is 0.519. The lowest BCUT2D eigenvalue weighted by molar-refractivity contribution is -0.144. The molecule has 4 rings (SSSR count). The van der Waals surface area contributed by atoms with Gasteiger partial charge in [-0.2, -0.15) is 0 Å². The summed E-state index contributed by atoms with van der Waals surface area (Å²) in [5, 5.41) is 9.82. The molecule has 3 aliphatic heterocycles. The zero-order valence-electron chi connectivity index (χ0n) is 20.5. The van der Waals surface area contributed by atoms with E-state index in [2.05, 4.69) is 20.1 Å². The number of aliphatic hydroxyl groups excluding tert-OH is 1. The molecule has 3 saturated heterocycles. The van der Waals surface area contributed by atoms with E-state index in [4.69, 9.17) is 0 Å². The van der Waals surface area contributed by atoms with E-state index < -0.39 is 22.6 Å². The van der Waals surface area contributed by atoms with E-state index in [0.717, 1.165) is 12.0 Å². The van der Waals surface area contributed by atoms with Crippen LogP contribution in [0.25, 0.3) is 0 Å². The average molecular weight is 498 g/mol. The normalized spacial score (nSPS) is 30.8. The molecular weight excluding hydrogens is 462 g/mol. The van der Waals surface area contributed by atoms with Gasteiger partial charge in [-0.1, -0.05) is 49.4 Å². The number of rotatable bonds is 10. The summed E-state index contributed by atoms with van der Waals surface area (Å²) in [5.41, 5.74) is 0.991. The maximum absolute atomic E-state index is 14.2. The van der Waals surface area contributed by atoms with Crippen LogP contribution in [0.4, 0.5) is 0 Å². The van der Waals surface area contributed by atoms with Crippen molar-refractivity contribution in [3.63, 3.8) is 0 Å². The number of carbonyl (C=O) groups is 3. The van der Waals surface area contributed by atoms with Crippen molar-refractivity contribution in [2.75, 3.05) is 33.3 Å². The minimum absolute atomic E-state index is 0.00716. The van der Waals surface area contributed by atoms with Crippen molar-refractivity contribution in [1.29, 1.82) is 0 Å². The highest BCUT2D eigenvalue weighted by atomic mass is 32.2. The topological polar surface area (TPSA) is 81.2 Å². The smallest absolute Gasteiger partial charge is 0.247 e.